The monoisotopic (exact) mass is 539 g/mol. The number of alkyl halides is 3. The van der Waals surface area contributed by atoms with Gasteiger partial charge in [0.2, 0.25) is 5.78 Å². The zero-order chi connectivity index (χ0) is 28.3. The van der Waals surface area contributed by atoms with Crippen molar-refractivity contribution < 1.29 is 48.0 Å². The molecule has 0 heterocycles. The number of halogens is 3. The summed E-state index contributed by atoms with van der Waals surface area (Å²) in [4.78, 5) is 40.2. The van der Waals surface area contributed by atoms with Crippen molar-refractivity contribution in [1.82, 2.24) is 10.2 Å². The number of ketones is 2. The van der Waals surface area contributed by atoms with Crippen LogP contribution >= 0.6 is 0 Å². The van der Waals surface area contributed by atoms with Crippen molar-refractivity contribution in [2.75, 3.05) is 20.6 Å². The van der Waals surface area contributed by atoms with Gasteiger partial charge in [0.25, 0.3) is 5.91 Å². The molecular weight excluding hydrogens is 511 g/mol. The van der Waals surface area contributed by atoms with E-state index in [1.54, 1.807) is 6.07 Å². The predicted molar refractivity (Wildman–Crippen MR) is 127 cm³/mol. The Morgan fingerprint density at radius 3 is 2.45 bits per heavy atom. The topological polar surface area (TPSA) is 173 Å². The van der Waals surface area contributed by atoms with Crippen molar-refractivity contribution in [1.29, 1.82) is 0 Å². The summed E-state index contributed by atoms with van der Waals surface area (Å²) in [5.41, 5.74) is 1.86. The molecule has 0 aromatic heterocycles. The van der Waals surface area contributed by atoms with Gasteiger partial charge in [-0.25, -0.2) is 0 Å². The molecule has 3 aliphatic rings. The van der Waals surface area contributed by atoms with E-state index < -0.39 is 82.9 Å². The van der Waals surface area contributed by atoms with Crippen molar-refractivity contribution >= 4 is 23.2 Å². The van der Waals surface area contributed by atoms with Crippen LogP contribution in [-0.2, 0) is 27.3 Å². The number of benzene rings is 1. The summed E-state index contributed by atoms with van der Waals surface area (Å²) >= 11 is 0. The second kappa shape index (κ2) is 9.40. The number of hydrogen-bond acceptors (Lipinski definition) is 9. The largest absolute Gasteiger partial charge is 0.508 e. The Morgan fingerprint density at radius 1 is 1.21 bits per heavy atom. The molecule has 206 valence electrons. The fraction of sp³-hybridized carbons (Fsp3) is 0.480. The minimum absolute atomic E-state index is 0.0345. The molecule has 0 aliphatic heterocycles. The summed E-state index contributed by atoms with van der Waals surface area (Å²) in [5.74, 6) is -7.46. The van der Waals surface area contributed by atoms with Gasteiger partial charge in [0, 0.05) is 30.1 Å². The summed E-state index contributed by atoms with van der Waals surface area (Å²) < 4.78 is 37.3. The second-order valence-electron chi connectivity index (χ2n) is 10.1. The minimum atomic E-state index is -4.36. The number of rotatable bonds is 6. The molecule has 1 aromatic rings. The molecule has 4 atom stereocenters. The fourth-order valence-electron chi connectivity index (χ4n) is 5.86. The third kappa shape index (κ3) is 4.24. The number of nitrogens with zero attached hydrogens (tertiary/aromatic N) is 1. The number of carbonyl (C=O) groups is 3. The molecule has 0 bridgehead atoms. The number of aliphatic hydroxyl groups is 3. The van der Waals surface area contributed by atoms with Gasteiger partial charge in [0.1, 0.15) is 22.8 Å². The Labute approximate surface area is 215 Å². The molecule has 10 nitrogen and oxygen atoms in total. The first kappa shape index (κ1) is 27.6. The van der Waals surface area contributed by atoms with Crippen molar-refractivity contribution in [2.45, 2.75) is 43.6 Å². The normalized spacial score (nSPS) is 27.4. The molecule has 0 radical (unpaired) electrons. The number of aliphatic hydroxyl groups excluding tert-OH is 2. The maximum atomic E-state index is 13.7. The number of aromatic hydroxyl groups is 1. The molecule has 0 spiro atoms. The maximum Gasteiger partial charge on any atom is 0.390 e. The molecule has 13 heteroatoms. The van der Waals surface area contributed by atoms with Crippen LogP contribution in [0.2, 0.25) is 0 Å². The highest BCUT2D eigenvalue weighted by Crippen LogP contribution is 2.52. The maximum absolute atomic E-state index is 13.7. The van der Waals surface area contributed by atoms with Crippen LogP contribution in [0.25, 0.3) is 5.76 Å². The van der Waals surface area contributed by atoms with Gasteiger partial charge in [0.05, 0.1) is 18.0 Å². The molecule has 3 aliphatic carbocycles. The highest BCUT2D eigenvalue weighted by Gasteiger charge is 2.64. The van der Waals surface area contributed by atoms with E-state index >= 15 is 0 Å². The van der Waals surface area contributed by atoms with Crippen LogP contribution < -0.4 is 11.1 Å². The van der Waals surface area contributed by atoms with Crippen molar-refractivity contribution in [3.05, 3.63) is 45.7 Å². The van der Waals surface area contributed by atoms with Gasteiger partial charge in [-0.05, 0) is 38.4 Å². The number of carbonyl (C=O) groups excluding carboxylic acids is 3. The standard InChI is InChI=1S/C25H28F3N3O7/c1-31(2)17-13-8-12-7-10-3-4-11(9-30-6-5-24(26,27)28)18(32)14(10)19(33)15(12)21(35)25(13,38)22(36)16(20(17)34)23(29)37/h3-4,12-13,17,30,32-33,36,38H,5-9H2,1-2H3,(H2,29,37)/t12-,13-,17+,25-/m0/s1. The molecule has 38 heavy (non-hydrogen) atoms. The molecule has 4 rings (SSSR count). The lowest BCUT2D eigenvalue weighted by atomic mass is 9.57. The second-order valence-corrected chi connectivity index (χ2v) is 10.1. The number of fused-ring (bicyclic) bond motifs is 3. The summed E-state index contributed by atoms with van der Waals surface area (Å²) in [7, 11) is 3.02. The van der Waals surface area contributed by atoms with Crippen LogP contribution in [0.4, 0.5) is 13.2 Å². The Kier molecular flexibility index (Phi) is 6.83. The average Bonchev–Trinajstić information content (AvgIpc) is 2.79. The van der Waals surface area contributed by atoms with E-state index in [1.165, 1.54) is 25.1 Å². The van der Waals surface area contributed by atoms with E-state index in [1.807, 2.05) is 0 Å². The molecule has 1 amide bonds. The summed E-state index contributed by atoms with van der Waals surface area (Å²) in [6.45, 7) is -0.555. The van der Waals surface area contributed by atoms with Gasteiger partial charge in [0.15, 0.2) is 11.4 Å². The predicted octanol–water partition coefficient (Wildman–Crippen LogP) is 1.01. The van der Waals surface area contributed by atoms with Crippen molar-refractivity contribution in [3.63, 3.8) is 0 Å². The van der Waals surface area contributed by atoms with Gasteiger partial charge in [-0.15, -0.1) is 0 Å². The smallest absolute Gasteiger partial charge is 0.390 e. The zero-order valence-electron chi connectivity index (χ0n) is 20.6. The SMILES string of the molecule is CN(C)[C@H]1C(=O)C(C(N)=O)=C(O)[C@@]2(O)C(=O)C3=C(O)c4c(ccc(CNCCC(F)(F)F)c4O)C[C@H]3C[C@@H]12. The number of Topliss-reactive ketones (excluding diaryl/α,β-unsaturated/α-hetero) is 2. The van der Waals surface area contributed by atoms with Gasteiger partial charge in [-0.2, -0.15) is 13.2 Å². The Hall–Kier alpha value is -3.42. The van der Waals surface area contributed by atoms with E-state index in [4.69, 9.17) is 5.73 Å². The summed E-state index contributed by atoms with van der Waals surface area (Å²) in [6, 6.07) is 1.90. The Bertz CT molecular complexity index is 1290. The highest BCUT2D eigenvalue weighted by molar-refractivity contribution is 6.24. The lowest BCUT2D eigenvalue weighted by molar-refractivity contribution is -0.153. The summed E-state index contributed by atoms with van der Waals surface area (Å²) in [5, 5.41) is 47.0. The van der Waals surface area contributed by atoms with Gasteiger partial charge < -0.3 is 31.5 Å². The van der Waals surface area contributed by atoms with E-state index in [-0.39, 0.29) is 36.1 Å². The number of primary amides is 1. The number of phenolic OH excluding ortho intramolecular Hbond substituents is 1. The van der Waals surface area contributed by atoms with E-state index in [0.717, 1.165) is 0 Å². The average molecular weight is 540 g/mol. The molecule has 1 aromatic carbocycles. The van der Waals surface area contributed by atoms with E-state index in [0.29, 0.717) is 5.56 Å². The van der Waals surface area contributed by atoms with Crippen LogP contribution in [0.5, 0.6) is 5.75 Å². The van der Waals surface area contributed by atoms with Crippen molar-refractivity contribution in [3.8, 4) is 5.75 Å². The third-order valence-corrected chi connectivity index (χ3v) is 7.58. The number of amides is 1. The number of hydrogen-bond donors (Lipinski definition) is 6. The molecule has 7 N–H and O–H groups in total. The summed E-state index contributed by atoms with van der Waals surface area (Å²) in [6.07, 6.45) is -5.34. The van der Waals surface area contributed by atoms with Crippen LogP contribution in [0.15, 0.2) is 29.0 Å². The first-order valence-electron chi connectivity index (χ1n) is 11.9. The lowest BCUT2D eigenvalue weighted by Gasteiger charge is -2.50. The van der Waals surface area contributed by atoms with E-state index in [2.05, 4.69) is 5.32 Å². The van der Waals surface area contributed by atoms with Gasteiger partial charge >= 0.3 is 6.18 Å². The molecule has 1 saturated carbocycles. The van der Waals surface area contributed by atoms with Crippen LogP contribution in [0.3, 0.4) is 0 Å². The third-order valence-electron chi connectivity index (χ3n) is 7.58. The quantitative estimate of drug-likeness (QED) is 0.228. The minimum Gasteiger partial charge on any atom is -0.508 e. The fourth-order valence-corrected chi connectivity index (χ4v) is 5.86. The highest BCUT2D eigenvalue weighted by atomic mass is 19.4. The molecule has 1 fully saturated rings. The first-order chi connectivity index (χ1) is 17.6. The Balaban J connectivity index is 1.77. The van der Waals surface area contributed by atoms with E-state index in [9.17, 15) is 48.0 Å². The van der Waals surface area contributed by atoms with Crippen LogP contribution in [0.1, 0.15) is 29.5 Å². The number of nitrogens with one attached hydrogen (secondary N) is 1. The molecule has 0 unspecified atom stereocenters. The number of nitrogens with two attached hydrogens (primary N) is 1. The van der Waals surface area contributed by atoms with Gasteiger partial charge in [-0.3, -0.25) is 19.3 Å². The number of phenols is 1. The zero-order valence-corrected chi connectivity index (χ0v) is 20.6. The van der Waals surface area contributed by atoms with Gasteiger partial charge in [-0.1, -0.05) is 12.1 Å². The Morgan fingerprint density at radius 2 is 1.87 bits per heavy atom. The number of likely N-dealkylation sites (N-methyl/N-ethyl adjacent to an activating group) is 1. The van der Waals surface area contributed by atoms with Crippen LogP contribution in [-0.4, -0.2) is 81.3 Å². The van der Waals surface area contributed by atoms with Crippen LogP contribution in [0, 0.1) is 11.8 Å². The lowest BCUT2D eigenvalue weighted by Crippen LogP contribution is -2.65. The molecular formula is C25H28F3N3O7. The molecule has 0 saturated heterocycles. The van der Waals surface area contributed by atoms with Crippen molar-refractivity contribution in [2.24, 2.45) is 17.6 Å². The first-order valence-corrected chi connectivity index (χ1v) is 11.9.